The first-order chi connectivity index (χ1) is 14.3. The van der Waals surface area contributed by atoms with Crippen LogP contribution < -0.4 is 0 Å². The van der Waals surface area contributed by atoms with Crippen LogP contribution in [0.1, 0.15) is 56.2 Å². The number of rotatable bonds is 6. The van der Waals surface area contributed by atoms with Crippen molar-refractivity contribution in [2.75, 3.05) is 0 Å². The highest BCUT2D eigenvalue weighted by molar-refractivity contribution is 7.09. The standard InChI is InChI=1S/C23H27ClO5S/c1-5-20-13(2)21(27-14(3)25)23(28-15(4)26)22(29-20)16-8-9-19(24)17(11-16)12-18-7-6-10-30-18/h6-11,13,20-23H,5,12H2,1-4H3/t13-,20-,21+,22+,23-/m1/s1. The maximum Gasteiger partial charge on any atom is 0.303 e. The average Bonchev–Trinajstić information content (AvgIpc) is 3.19. The van der Waals surface area contributed by atoms with Crippen molar-refractivity contribution in [2.45, 2.75) is 65.0 Å². The molecule has 0 bridgehead atoms. The van der Waals surface area contributed by atoms with Crippen molar-refractivity contribution < 1.29 is 23.8 Å². The fraction of sp³-hybridized carbons (Fsp3) is 0.478. The molecular formula is C23H27ClO5S. The van der Waals surface area contributed by atoms with Gasteiger partial charge in [-0.1, -0.05) is 43.6 Å². The number of hydrogen-bond donors (Lipinski definition) is 0. The van der Waals surface area contributed by atoms with Crippen molar-refractivity contribution in [2.24, 2.45) is 5.92 Å². The highest BCUT2D eigenvalue weighted by Crippen LogP contribution is 2.40. The number of halogens is 1. The summed E-state index contributed by atoms with van der Waals surface area (Å²) in [5, 5.41) is 2.70. The van der Waals surface area contributed by atoms with E-state index < -0.39 is 30.3 Å². The third kappa shape index (κ3) is 5.23. The lowest BCUT2D eigenvalue weighted by atomic mass is 9.84. The molecule has 1 aromatic carbocycles. The first-order valence-corrected chi connectivity index (χ1v) is 11.4. The molecule has 0 saturated carbocycles. The zero-order valence-corrected chi connectivity index (χ0v) is 19.2. The Kier molecular flexibility index (Phi) is 7.55. The van der Waals surface area contributed by atoms with E-state index in [4.69, 9.17) is 25.8 Å². The molecule has 0 aliphatic carbocycles. The Morgan fingerprint density at radius 2 is 1.83 bits per heavy atom. The molecule has 2 aromatic rings. The Morgan fingerprint density at radius 1 is 1.13 bits per heavy atom. The van der Waals surface area contributed by atoms with Crippen LogP contribution in [-0.4, -0.2) is 30.3 Å². The second-order valence-corrected chi connectivity index (χ2v) is 9.06. The Bertz CT molecular complexity index is 882. The van der Waals surface area contributed by atoms with Gasteiger partial charge in [-0.3, -0.25) is 9.59 Å². The molecule has 0 unspecified atom stereocenters. The van der Waals surface area contributed by atoms with Crippen molar-refractivity contribution >= 4 is 34.9 Å². The van der Waals surface area contributed by atoms with Gasteiger partial charge in [0.1, 0.15) is 12.2 Å². The number of carbonyl (C=O) groups is 2. The second-order valence-electron chi connectivity index (χ2n) is 7.62. The van der Waals surface area contributed by atoms with Crippen LogP contribution in [0.5, 0.6) is 0 Å². The first kappa shape index (κ1) is 22.8. The van der Waals surface area contributed by atoms with Gasteiger partial charge in [0.2, 0.25) is 0 Å². The zero-order chi connectivity index (χ0) is 21.8. The first-order valence-electron chi connectivity index (χ1n) is 10.1. The third-order valence-corrected chi connectivity index (χ3v) is 6.64. The number of ether oxygens (including phenoxy) is 3. The molecule has 0 amide bonds. The van der Waals surface area contributed by atoms with Crippen molar-refractivity contribution in [3.05, 3.63) is 56.7 Å². The molecule has 1 aliphatic heterocycles. The van der Waals surface area contributed by atoms with E-state index in [2.05, 4.69) is 6.07 Å². The van der Waals surface area contributed by atoms with Crippen LogP contribution >= 0.6 is 22.9 Å². The molecule has 0 radical (unpaired) electrons. The van der Waals surface area contributed by atoms with E-state index in [1.54, 1.807) is 11.3 Å². The number of esters is 2. The summed E-state index contributed by atoms with van der Waals surface area (Å²) in [5.74, 6) is -0.966. The van der Waals surface area contributed by atoms with Gasteiger partial charge in [0, 0.05) is 36.1 Å². The fourth-order valence-corrected chi connectivity index (χ4v) is 4.92. The normalized spacial score (nSPS) is 26.2. The highest BCUT2D eigenvalue weighted by Gasteiger charge is 2.47. The van der Waals surface area contributed by atoms with E-state index in [0.29, 0.717) is 11.4 Å². The van der Waals surface area contributed by atoms with Crippen LogP contribution in [0.15, 0.2) is 35.7 Å². The van der Waals surface area contributed by atoms with Crippen molar-refractivity contribution in [1.29, 1.82) is 0 Å². The van der Waals surface area contributed by atoms with Gasteiger partial charge in [0.25, 0.3) is 0 Å². The predicted molar refractivity (Wildman–Crippen MR) is 117 cm³/mol. The molecule has 1 saturated heterocycles. The lowest BCUT2D eigenvalue weighted by Crippen LogP contribution is -2.52. The highest BCUT2D eigenvalue weighted by atomic mass is 35.5. The molecule has 5 atom stereocenters. The summed E-state index contributed by atoms with van der Waals surface area (Å²) in [7, 11) is 0. The van der Waals surface area contributed by atoms with E-state index in [0.717, 1.165) is 17.5 Å². The quantitative estimate of drug-likeness (QED) is 0.556. The molecule has 0 spiro atoms. The smallest absolute Gasteiger partial charge is 0.303 e. The van der Waals surface area contributed by atoms with Crippen molar-refractivity contribution in [3.63, 3.8) is 0 Å². The van der Waals surface area contributed by atoms with Crippen LogP contribution in [0.2, 0.25) is 5.02 Å². The lowest BCUT2D eigenvalue weighted by molar-refractivity contribution is -0.225. The van der Waals surface area contributed by atoms with Crippen LogP contribution in [0.25, 0.3) is 0 Å². The van der Waals surface area contributed by atoms with Crippen molar-refractivity contribution in [3.8, 4) is 0 Å². The minimum atomic E-state index is -0.736. The third-order valence-electron chi connectivity index (χ3n) is 5.40. The summed E-state index contributed by atoms with van der Waals surface area (Å²) < 4.78 is 17.6. The second kappa shape index (κ2) is 9.94. The topological polar surface area (TPSA) is 61.8 Å². The summed E-state index contributed by atoms with van der Waals surface area (Å²) in [5.41, 5.74) is 1.82. The van der Waals surface area contributed by atoms with Crippen LogP contribution in [0.4, 0.5) is 0 Å². The summed E-state index contributed by atoms with van der Waals surface area (Å²) >= 11 is 8.13. The summed E-state index contributed by atoms with van der Waals surface area (Å²) in [4.78, 5) is 24.9. The minimum Gasteiger partial charge on any atom is -0.458 e. The van der Waals surface area contributed by atoms with Gasteiger partial charge < -0.3 is 14.2 Å². The Labute approximate surface area is 186 Å². The molecular weight excluding hydrogens is 424 g/mol. The minimum absolute atomic E-state index is 0.114. The van der Waals surface area contributed by atoms with Crippen LogP contribution in [0, 0.1) is 5.92 Å². The molecule has 7 heteroatoms. The molecule has 1 aliphatic rings. The monoisotopic (exact) mass is 450 g/mol. The summed E-state index contributed by atoms with van der Waals surface area (Å²) in [6.45, 7) is 6.70. The number of benzene rings is 1. The average molecular weight is 451 g/mol. The Balaban J connectivity index is 1.99. The number of thiophene rings is 1. The van der Waals surface area contributed by atoms with Gasteiger partial charge in [0.15, 0.2) is 6.10 Å². The van der Waals surface area contributed by atoms with Gasteiger partial charge in [0.05, 0.1) is 6.10 Å². The molecule has 30 heavy (non-hydrogen) atoms. The van der Waals surface area contributed by atoms with Gasteiger partial charge in [-0.25, -0.2) is 0 Å². The van der Waals surface area contributed by atoms with E-state index in [-0.39, 0.29) is 12.0 Å². The summed E-state index contributed by atoms with van der Waals surface area (Å²) in [6.07, 6.45) is -0.568. The SMILES string of the molecule is CC[C@H]1O[C@@H](c2ccc(Cl)c(Cc3cccs3)c2)[C@H](OC(C)=O)[C@@H](OC(C)=O)[C@@H]1C. The number of carbonyl (C=O) groups excluding carboxylic acids is 2. The Morgan fingerprint density at radius 3 is 2.43 bits per heavy atom. The van der Waals surface area contributed by atoms with E-state index in [9.17, 15) is 9.59 Å². The fourth-order valence-electron chi connectivity index (χ4n) is 4.00. The molecule has 5 nitrogen and oxygen atoms in total. The molecule has 0 N–H and O–H groups in total. The van der Waals surface area contributed by atoms with Gasteiger partial charge >= 0.3 is 11.9 Å². The maximum absolute atomic E-state index is 11.9. The van der Waals surface area contributed by atoms with Crippen LogP contribution in [-0.2, 0) is 30.2 Å². The largest absolute Gasteiger partial charge is 0.458 e. The van der Waals surface area contributed by atoms with Gasteiger partial charge in [-0.2, -0.15) is 0 Å². The summed E-state index contributed by atoms with van der Waals surface area (Å²) in [6, 6.07) is 9.80. The van der Waals surface area contributed by atoms with Gasteiger partial charge in [-0.15, -0.1) is 11.3 Å². The van der Waals surface area contributed by atoms with E-state index in [1.165, 1.54) is 18.7 Å². The van der Waals surface area contributed by atoms with E-state index >= 15 is 0 Å². The molecule has 2 heterocycles. The molecule has 1 aromatic heterocycles. The van der Waals surface area contributed by atoms with Gasteiger partial charge in [-0.05, 0) is 35.1 Å². The number of hydrogen-bond acceptors (Lipinski definition) is 6. The maximum atomic E-state index is 11.9. The molecule has 162 valence electrons. The molecule has 3 rings (SSSR count). The Hall–Kier alpha value is -1.89. The van der Waals surface area contributed by atoms with Crippen LogP contribution in [0.3, 0.4) is 0 Å². The zero-order valence-electron chi connectivity index (χ0n) is 17.6. The lowest BCUT2D eigenvalue weighted by Gasteiger charge is -2.44. The van der Waals surface area contributed by atoms with Crippen molar-refractivity contribution in [1.82, 2.24) is 0 Å². The predicted octanol–water partition coefficient (Wildman–Crippen LogP) is 5.34. The van der Waals surface area contributed by atoms with E-state index in [1.807, 2.05) is 43.5 Å². The molecule has 1 fully saturated rings.